The van der Waals surface area contributed by atoms with Gasteiger partial charge in [-0.25, -0.2) is 0 Å². The summed E-state index contributed by atoms with van der Waals surface area (Å²) in [6, 6.07) is 0. The van der Waals surface area contributed by atoms with Gasteiger partial charge in [0, 0.05) is 13.0 Å². The highest BCUT2D eigenvalue weighted by atomic mass is 16.7. The van der Waals surface area contributed by atoms with Gasteiger partial charge in [0.15, 0.2) is 5.79 Å². The van der Waals surface area contributed by atoms with Gasteiger partial charge in [0.05, 0.1) is 13.2 Å². The molecule has 0 amide bonds. The van der Waals surface area contributed by atoms with Crippen LogP contribution >= 0.6 is 0 Å². The molecule has 1 N–H and O–H groups in total. The number of rotatable bonds is 10. The summed E-state index contributed by atoms with van der Waals surface area (Å²) in [5.74, 6) is -0.305. The van der Waals surface area contributed by atoms with Crippen LogP contribution in [-0.2, 0) is 9.47 Å². The van der Waals surface area contributed by atoms with E-state index >= 15 is 0 Å². The highest BCUT2D eigenvalue weighted by Crippen LogP contribution is 2.25. The van der Waals surface area contributed by atoms with Crippen LogP contribution in [0.5, 0.6) is 0 Å². The lowest BCUT2D eigenvalue weighted by molar-refractivity contribution is -0.147. The maximum Gasteiger partial charge on any atom is 0.165 e. The molecule has 0 radical (unpaired) electrons. The van der Waals surface area contributed by atoms with Crippen molar-refractivity contribution < 1.29 is 14.6 Å². The maximum atomic E-state index is 8.63. The molecule has 0 aliphatic carbocycles. The summed E-state index contributed by atoms with van der Waals surface area (Å²) in [4.78, 5) is 0. The van der Waals surface area contributed by atoms with Crippen molar-refractivity contribution in [1.82, 2.24) is 0 Å². The lowest BCUT2D eigenvalue weighted by atomic mass is 10.1. The van der Waals surface area contributed by atoms with E-state index in [1.807, 2.05) is 6.92 Å². The minimum atomic E-state index is -0.305. The third-order valence-electron chi connectivity index (χ3n) is 3.35. The summed E-state index contributed by atoms with van der Waals surface area (Å²) in [5.41, 5.74) is 0. The average molecular weight is 256 g/mol. The lowest BCUT2D eigenvalue weighted by Crippen LogP contribution is -2.24. The van der Waals surface area contributed by atoms with Crippen LogP contribution in [0.15, 0.2) is 12.2 Å². The van der Waals surface area contributed by atoms with E-state index in [4.69, 9.17) is 14.6 Å². The first-order valence-corrected chi connectivity index (χ1v) is 7.31. The summed E-state index contributed by atoms with van der Waals surface area (Å²) in [7, 11) is 0. The lowest BCUT2D eigenvalue weighted by Gasteiger charge is -2.21. The van der Waals surface area contributed by atoms with Gasteiger partial charge in [0.1, 0.15) is 0 Å². The molecule has 106 valence electrons. The zero-order valence-electron chi connectivity index (χ0n) is 11.7. The number of unbranched alkanes of at least 4 members (excludes halogenated alkanes) is 5. The third kappa shape index (κ3) is 7.14. The van der Waals surface area contributed by atoms with Crippen LogP contribution in [0.25, 0.3) is 0 Å². The van der Waals surface area contributed by atoms with E-state index in [1.165, 1.54) is 19.3 Å². The monoisotopic (exact) mass is 256 g/mol. The van der Waals surface area contributed by atoms with E-state index in [9.17, 15) is 0 Å². The maximum absolute atomic E-state index is 8.63. The fourth-order valence-corrected chi connectivity index (χ4v) is 2.20. The summed E-state index contributed by atoms with van der Waals surface area (Å²) in [5, 5.41) is 8.63. The highest BCUT2D eigenvalue weighted by molar-refractivity contribution is 4.81. The molecule has 0 unspecified atom stereocenters. The number of ether oxygens (including phenoxy) is 2. The number of hydrogen-bond acceptors (Lipinski definition) is 3. The Morgan fingerprint density at radius 1 is 0.944 bits per heavy atom. The number of hydrogen-bond donors (Lipinski definition) is 1. The average Bonchev–Trinajstić information content (AvgIpc) is 2.79. The van der Waals surface area contributed by atoms with Gasteiger partial charge < -0.3 is 14.6 Å². The van der Waals surface area contributed by atoms with Crippen LogP contribution < -0.4 is 0 Å². The molecule has 1 fully saturated rings. The Bertz CT molecular complexity index is 220. The molecule has 0 spiro atoms. The van der Waals surface area contributed by atoms with Crippen LogP contribution in [0.3, 0.4) is 0 Å². The molecule has 18 heavy (non-hydrogen) atoms. The molecule has 0 saturated carbocycles. The van der Waals surface area contributed by atoms with E-state index < -0.39 is 0 Å². The van der Waals surface area contributed by atoms with Crippen molar-refractivity contribution >= 4 is 0 Å². The van der Waals surface area contributed by atoms with Gasteiger partial charge in [-0.15, -0.1) is 0 Å². The molecular weight excluding hydrogens is 228 g/mol. The zero-order chi connectivity index (χ0) is 13.1. The fraction of sp³-hybridized carbons (Fsp3) is 0.867. The molecule has 1 heterocycles. The zero-order valence-corrected chi connectivity index (χ0v) is 11.7. The second kappa shape index (κ2) is 9.54. The normalized spacial score (nSPS) is 18.8. The molecule has 3 nitrogen and oxygen atoms in total. The topological polar surface area (TPSA) is 38.7 Å². The number of aliphatic hydroxyl groups is 1. The van der Waals surface area contributed by atoms with Crippen molar-refractivity contribution in [2.75, 3.05) is 19.8 Å². The van der Waals surface area contributed by atoms with E-state index in [2.05, 4.69) is 12.2 Å². The molecule has 0 aromatic carbocycles. The smallest absolute Gasteiger partial charge is 0.165 e. The van der Waals surface area contributed by atoms with Crippen LogP contribution in [0, 0.1) is 0 Å². The van der Waals surface area contributed by atoms with Crippen molar-refractivity contribution in [3.63, 3.8) is 0 Å². The van der Waals surface area contributed by atoms with Crippen molar-refractivity contribution in [1.29, 1.82) is 0 Å². The minimum Gasteiger partial charge on any atom is -0.396 e. The second-order valence-electron chi connectivity index (χ2n) is 5.12. The van der Waals surface area contributed by atoms with Crippen LogP contribution in [0.4, 0.5) is 0 Å². The molecule has 1 aliphatic rings. The van der Waals surface area contributed by atoms with E-state index in [0.29, 0.717) is 6.61 Å². The summed E-state index contributed by atoms with van der Waals surface area (Å²) >= 11 is 0. The molecule has 3 heteroatoms. The molecular formula is C15H28O3. The number of aliphatic hydroxyl groups excluding tert-OH is 1. The van der Waals surface area contributed by atoms with Gasteiger partial charge in [-0.05, 0) is 45.4 Å². The molecule has 0 aromatic rings. The first-order chi connectivity index (χ1) is 8.77. The predicted octanol–water partition coefficient (Wildman–Crippen LogP) is 3.42. The van der Waals surface area contributed by atoms with Gasteiger partial charge in [-0.1, -0.05) is 18.6 Å². The molecule has 1 rings (SSSR count). The van der Waals surface area contributed by atoms with E-state index in [0.717, 1.165) is 45.3 Å². The van der Waals surface area contributed by atoms with Crippen LogP contribution in [-0.4, -0.2) is 30.7 Å². The Hall–Kier alpha value is -0.380. The Balaban J connectivity index is 1.86. The van der Waals surface area contributed by atoms with Crippen molar-refractivity contribution in [3.8, 4) is 0 Å². The Kier molecular flexibility index (Phi) is 8.31. The predicted molar refractivity (Wildman–Crippen MR) is 73.5 cm³/mol. The van der Waals surface area contributed by atoms with Crippen LogP contribution in [0.2, 0.25) is 0 Å². The molecule has 1 aliphatic heterocycles. The van der Waals surface area contributed by atoms with Gasteiger partial charge in [-0.3, -0.25) is 0 Å². The van der Waals surface area contributed by atoms with E-state index in [1.54, 1.807) is 0 Å². The minimum absolute atomic E-state index is 0.305. The first-order valence-electron chi connectivity index (χ1n) is 7.31. The van der Waals surface area contributed by atoms with E-state index in [-0.39, 0.29) is 5.79 Å². The quantitative estimate of drug-likeness (QED) is 0.481. The first kappa shape index (κ1) is 15.7. The Morgan fingerprint density at radius 3 is 2.17 bits per heavy atom. The molecule has 0 bridgehead atoms. The van der Waals surface area contributed by atoms with Crippen molar-refractivity contribution in [2.45, 2.75) is 64.1 Å². The van der Waals surface area contributed by atoms with Crippen molar-refractivity contribution in [3.05, 3.63) is 12.2 Å². The largest absolute Gasteiger partial charge is 0.396 e. The molecule has 0 aromatic heterocycles. The standard InChI is InChI=1S/C15H28O3/c1-15(17-13-14-18-15)11-9-7-5-3-2-4-6-8-10-12-16/h2,4,16H,3,5-14H2,1H3/b4-2-. The fourth-order valence-electron chi connectivity index (χ4n) is 2.20. The summed E-state index contributed by atoms with van der Waals surface area (Å²) in [6.07, 6.45) is 13.4. The van der Waals surface area contributed by atoms with Gasteiger partial charge >= 0.3 is 0 Å². The SMILES string of the molecule is CC1(CCCCC/C=C\CCCCO)OCCO1. The summed E-state index contributed by atoms with van der Waals surface area (Å²) in [6.45, 7) is 3.85. The van der Waals surface area contributed by atoms with Gasteiger partial charge in [0.2, 0.25) is 0 Å². The van der Waals surface area contributed by atoms with Crippen molar-refractivity contribution in [2.24, 2.45) is 0 Å². The van der Waals surface area contributed by atoms with Crippen LogP contribution in [0.1, 0.15) is 58.3 Å². The third-order valence-corrected chi connectivity index (χ3v) is 3.35. The Labute approximate surface area is 111 Å². The van der Waals surface area contributed by atoms with Gasteiger partial charge in [0.25, 0.3) is 0 Å². The number of allylic oxidation sites excluding steroid dienone is 2. The highest BCUT2D eigenvalue weighted by Gasteiger charge is 2.29. The van der Waals surface area contributed by atoms with Gasteiger partial charge in [-0.2, -0.15) is 0 Å². The second-order valence-corrected chi connectivity index (χ2v) is 5.12. The molecule has 0 atom stereocenters. The summed E-state index contributed by atoms with van der Waals surface area (Å²) < 4.78 is 11.1. The Morgan fingerprint density at radius 2 is 1.56 bits per heavy atom. The molecule has 1 saturated heterocycles.